The van der Waals surface area contributed by atoms with E-state index in [9.17, 15) is 4.79 Å². The summed E-state index contributed by atoms with van der Waals surface area (Å²) in [5, 5.41) is 15.7. The van der Waals surface area contributed by atoms with Crippen molar-refractivity contribution in [3.05, 3.63) is 17.8 Å². The Bertz CT molecular complexity index is 679. The van der Waals surface area contributed by atoms with E-state index >= 15 is 0 Å². The lowest BCUT2D eigenvalue weighted by Crippen LogP contribution is -2.48. The fourth-order valence-corrected chi connectivity index (χ4v) is 2.99. The number of hydrazone groups is 1. The third kappa shape index (κ3) is 2.67. The molecule has 1 atom stereocenters. The molecule has 2 aliphatic rings. The molecule has 7 nitrogen and oxygen atoms in total. The van der Waals surface area contributed by atoms with Gasteiger partial charge in [-0.05, 0) is 32.8 Å². The standard InChI is InChI=1S/C16H22N6O/c1-4-22-9(2)13(21-18-3)12(17)11-7-8-19-15(14(11)22)20-16(23)10-5-6-10/h7-10,17-18H,4-6H2,1-3H3,(H,19,20,23)/b17-12?,21-13-. The highest BCUT2D eigenvalue weighted by Crippen LogP contribution is 2.36. The Morgan fingerprint density at radius 2 is 2.26 bits per heavy atom. The van der Waals surface area contributed by atoms with Crippen molar-refractivity contribution < 1.29 is 4.79 Å². The van der Waals surface area contributed by atoms with Gasteiger partial charge in [-0.25, -0.2) is 4.98 Å². The van der Waals surface area contributed by atoms with Crippen LogP contribution in [0, 0.1) is 11.3 Å². The quantitative estimate of drug-likeness (QED) is 0.736. The second-order valence-electron chi connectivity index (χ2n) is 5.88. The van der Waals surface area contributed by atoms with Gasteiger partial charge in [-0.2, -0.15) is 5.10 Å². The summed E-state index contributed by atoms with van der Waals surface area (Å²) in [6, 6.07) is 1.75. The predicted octanol–water partition coefficient (Wildman–Crippen LogP) is 1.60. The summed E-state index contributed by atoms with van der Waals surface area (Å²) in [4.78, 5) is 18.6. The normalized spacial score (nSPS) is 22.0. The van der Waals surface area contributed by atoms with E-state index in [0.717, 1.165) is 30.6 Å². The number of hydrogen-bond donors (Lipinski definition) is 3. The van der Waals surface area contributed by atoms with Crippen LogP contribution in [-0.2, 0) is 4.79 Å². The van der Waals surface area contributed by atoms with E-state index in [1.807, 2.05) is 19.9 Å². The second-order valence-corrected chi connectivity index (χ2v) is 5.88. The minimum Gasteiger partial charge on any atom is -0.360 e. The molecule has 1 amide bonds. The molecule has 3 rings (SSSR count). The molecule has 1 saturated carbocycles. The summed E-state index contributed by atoms with van der Waals surface area (Å²) in [5.74, 6) is 0.682. The van der Waals surface area contributed by atoms with E-state index in [1.54, 1.807) is 13.2 Å². The summed E-state index contributed by atoms with van der Waals surface area (Å²) in [7, 11) is 1.73. The zero-order valence-corrected chi connectivity index (χ0v) is 13.7. The highest BCUT2D eigenvalue weighted by atomic mass is 16.2. The molecule has 0 aromatic carbocycles. The minimum atomic E-state index is -0.0618. The van der Waals surface area contributed by atoms with Crippen LogP contribution in [0.3, 0.4) is 0 Å². The second kappa shape index (κ2) is 5.98. The summed E-state index contributed by atoms with van der Waals surface area (Å²) in [6.45, 7) is 4.80. The number of aromatic nitrogens is 1. The number of fused-ring (bicyclic) bond motifs is 1. The molecule has 0 saturated heterocycles. The van der Waals surface area contributed by atoms with Crippen LogP contribution in [0.15, 0.2) is 17.4 Å². The van der Waals surface area contributed by atoms with Gasteiger partial charge in [-0.15, -0.1) is 0 Å². The lowest BCUT2D eigenvalue weighted by atomic mass is 9.93. The van der Waals surface area contributed by atoms with Gasteiger partial charge in [-0.3, -0.25) is 10.2 Å². The topological polar surface area (TPSA) is 93.5 Å². The van der Waals surface area contributed by atoms with Crippen molar-refractivity contribution in [1.29, 1.82) is 5.41 Å². The average Bonchev–Trinajstić information content (AvgIpc) is 3.37. The van der Waals surface area contributed by atoms with Gasteiger partial charge in [0.2, 0.25) is 5.91 Å². The number of rotatable bonds is 4. The first-order valence-corrected chi connectivity index (χ1v) is 7.98. The van der Waals surface area contributed by atoms with Crippen molar-refractivity contribution in [3.63, 3.8) is 0 Å². The molecule has 1 aromatic heterocycles. The van der Waals surface area contributed by atoms with Crippen LogP contribution < -0.4 is 15.6 Å². The molecule has 23 heavy (non-hydrogen) atoms. The van der Waals surface area contributed by atoms with Gasteiger partial charge in [0.25, 0.3) is 0 Å². The molecule has 1 unspecified atom stereocenters. The molecule has 7 heteroatoms. The molecule has 0 spiro atoms. The van der Waals surface area contributed by atoms with Gasteiger partial charge in [0.05, 0.1) is 17.4 Å². The largest absolute Gasteiger partial charge is 0.360 e. The lowest BCUT2D eigenvalue weighted by Gasteiger charge is -2.38. The molecule has 2 heterocycles. The van der Waals surface area contributed by atoms with Crippen molar-refractivity contribution in [3.8, 4) is 0 Å². The molecule has 1 aromatic rings. The Morgan fingerprint density at radius 1 is 1.52 bits per heavy atom. The molecular weight excluding hydrogens is 292 g/mol. The summed E-state index contributed by atoms with van der Waals surface area (Å²) in [5.41, 5.74) is 5.40. The Hall–Kier alpha value is -2.44. The van der Waals surface area contributed by atoms with Gasteiger partial charge in [-0.1, -0.05) is 0 Å². The Kier molecular flexibility index (Phi) is 4.02. The number of anilines is 2. The van der Waals surface area contributed by atoms with E-state index in [0.29, 0.717) is 17.2 Å². The molecule has 1 aliphatic carbocycles. The van der Waals surface area contributed by atoms with Crippen LogP contribution >= 0.6 is 0 Å². The van der Waals surface area contributed by atoms with Gasteiger partial charge in [0.15, 0.2) is 5.82 Å². The van der Waals surface area contributed by atoms with Crippen LogP contribution in [0.4, 0.5) is 11.5 Å². The zero-order valence-electron chi connectivity index (χ0n) is 13.7. The fourth-order valence-electron chi connectivity index (χ4n) is 2.99. The summed E-state index contributed by atoms with van der Waals surface area (Å²) in [6.07, 6.45) is 3.53. The highest BCUT2D eigenvalue weighted by Gasteiger charge is 2.36. The maximum atomic E-state index is 12.1. The van der Waals surface area contributed by atoms with E-state index in [-0.39, 0.29) is 17.9 Å². The third-order valence-corrected chi connectivity index (χ3v) is 4.36. The molecule has 1 aliphatic heterocycles. The van der Waals surface area contributed by atoms with Crippen LogP contribution in [-0.4, -0.2) is 41.9 Å². The van der Waals surface area contributed by atoms with Crippen molar-refractivity contribution in [1.82, 2.24) is 10.4 Å². The van der Waals surface area contributed by atoms with Crippen LogP contribution in [0.25, 0.3) is 0 Å². The van der Waals surface area contributed by atoms with Crippen molar-refractivity contribution in [2.75, 3.05) is 23.8 Å². The summed E-state index contributed by atoms with van der Waals surface area (Å²) < 4.78 is 0. The molecular formula is C16H22N6O. The number of carbonyl (C=O) groups excluding carboxylic acids is 1. The van der Waals surface area contributed by atoms with Crippen molar-refractivity contribution in [2.24, 2.45) is 11.0 Å². The first-order chi connectivity index (χ1) is 11.1. The maximum absolute atomic E-state index is 12.1. The Morgan fingerprint density at radius 3 is 2.87 bits per heavy atom. The van der Waals surface area contributed by atoms with Crippen LogP contribution in [0.1, 0.15) is 32.3 Å². The Labute approximate surface area is 135 Å². The summed E-state index contributed by atoms with van der Waals surface area (Å²) >= 11 is 0. The Balaban J connectivity index is 2.06. The number of carbonyl (C=O) groups is 1. The van der Waals surface area contributed by atoms with E-state index < -0.39 is 0 Å². The number of amides is 1. The smallest absolute Gasteiger partial charge is 0.228 e. The number of hydrogen-bond acceptors (Lipinski definition) is 6. The van der Waals surface area contributed by atoms with Crippen LogP contribution in [0.5, 0.6) is 0 Å². The van der Waals surface area contributed by atoms with Gasteiger partial charge in [0, 0.05) is 31.3 Å². The molecule has 1 fully saturated rings. The molecule has 3 N–H and O–H groups in total. The van der Waals surface area contributed by atoms with Gasteiger partial charge < -0.3 is 15.6 Å². The van der Waals surface area contributed by atoms with Crippen molar-refractivity contribution in [2.45, 2.75) is 32.7 Å². The average molecular weight is 314 g/mol. The maximum Gasteiger partial charge on any atom is 0.228 e. The third-order valence-electron chi connectivity index (χ3n) is 4.36. The first kappa shape index (κ1) is 15.5. The number of pyridine rings is 1. The van der Waals surface area contributed by atoms with Gasteiger partial charge >= 0.3 is 0 Å². The van der Waals surface area contributed by atoms with E-state index in [2.05, 4.69) is 25.7 Å². The SMILES string of the molecule is CCN1c2c(ccnc2NC(=O)C2CC2)C(=N)/C(=N\NC)C1C. The lowest BCUT2D eigenvalue weighted by molar-refractivity contribution is -0.117. The monoisotopic (exact) mass is 314 g/mol. The van der Waals surface area contributed by atoms with E-state index in [1.165, 1.54) is 0 Å². The minimum absolute atomic E-state index is 0.0239. The molecule has 0 bridgehead atoms. The zero-order chi connectivity index (χ0) is 16.6. The predicted molar refractivity (Wildman–Crippen MR) is 91.4 cm³/mol. The fraction of sp³-hybridized carbons (Fsp3) is 0.500. The van der Waals surface area contributed by atoms with E-state index in [4.69, 9.17) is 5.41 Å². The van der Waals surface area contributed by atoms with Crippen LogP contribution in [0.2, 0.25) is 0 Å². The van der Waals surface area contributed by atoms with Gasteiger partial charge in [0.1, 0.15) is 5.71 Å². The van der Waals surface area contributed by atoms with Crippen molar-refractivity contribution >= 4 is 28.8 Å². The molecule has 0 radical (unpaired) electrons. The molecule has 122 valence electrons. The number of nitrogens with one attached hydrogen (secondary N) is 3. The number of nitrogens with zero attached hydrogens (tertiary/aromatic N) is 3. The highest BCUT2D eigenvalue weighted by molar-refractivity contribution is 6.51. The first-order valence-electron chi connectivity index (χ1n) is 7.98.